The van der Waals surface area contributed by atoms with Crippen LogP contribution in [0, 0.1) is 5.92 Å². The van der Waals surface area contributed by atoms with Crippen molar-refractivity contribution < 1.29 is 9.59 Å². The van der Waals surface area contributed by atoms with Gasteiger partial charge in [-0.25, -0.2) is 0 Å². The van der Waals surface area contributed by atoms with E-state index in [-0.39, 0.29) is 23.7 Å². The zero-order valence-electron chi connectivity index (χ0n) is 18.8. The molecule has 168 valence electrons. The highest BCUT2D eigenvalue weighted by Crippen LogP contribution is 2.27. The quantitative estimate of drug-likeness (QED) is 0.426. The molecule has 0 aliphatic heterocycles. The van der Waals surface area contributed by atoms with E-state index in [4.69, 9.17) is 5.73 Å². The van der Waals surface area contributed by atoms with Crippen LogP contribution in [-0.4, -0.2) is 30.9 Å². The van der Waals surface area contributed by atoms with E-state index >= 15 is 0 Å². The Kier molecular flexibility index (Phi) is 10.8. The lowest BCUT2D eigenvalue weighted by molar-refractivity contribution is -0.130. The Morgan fingerprint density at radius 2 is 1.45 bits per heavy atom. The van der Waals surface area contributed by atoms with E-state index in [0.29, 0.717) is 19.5 Å². The maximum atomic E-state index is 12.8. The van der Waals surface area contributed by atoms with Crippen molar-refractivity contribution in [3.63, 3.8) is 0 Å². The highest BCUT2D eigenvalue weighted by molar-refractivity contribution is 5.87. The molecule has 1 unspecified atom stereocenters. The van der Waals surface area contributed by atoms with Crippen molar-refractivity contribution in [3.8, 4) is 0 Å². The average Bonchev–Trinajstić information content (AvgIpc) is 2.79. The molecule has 31 heavy (non-hydrogen) atoms. The van der Waals surface area contributed by atoms with Gasteiger partial charge in [0.1, 0.15) is 6.04 Å². The summed E-state index contributed by atoms with van der Waals surface area (Å²) < 4.78 is 0. The zero-order valence-corrected chi connectivity index (χ0v) is 18.8. The molecule has 0 radical (unpaired) electrons. The van der Waals surface area contributed by atoms with Gasteiger partial charge in [-0.3, -0.25) is 9.59 Å². The van der Waals surface area contributed by atoms with Gasteiger partial charge < -0.3 is 16.4 Å². The van der Waals surface area contributed by atoms with E-state index in [1.54, 1.807) is 0 Å². The fraction of sp³-hybridized carbons (Fsp3) is 0.462. The average molecular weight is 424 g/mol. The van der Waals surface area contributed by atoms with E-state index in [2.05, 4.69) is 34.9 Å². The molecule has 0 saturated heterocycles. The Balaban J connectivity index is 1.92. The molecular weight excluding hydrogens is 386 g/mol. The first-order valence-electron chi connectivity index (χ1n) is 11.4. The molecule has 0 spiro atoms. The first-order valence-corrected chi connectivity index (χ1v) is 11.4. The largest absolute Gasteiger partial charge is 0.354 e. The van der Waals surface area contributed by atoms with Gasteiger partial charge in [0.05, 0.1) is 0 Å². The summed E-state index contributed by atoms with van der Waals surface area (Å²) in [7, 11) is 0. The molecule has 0 fully saturated rings. The standard InChI is InChI=1S/C26H37N3O2/c1-20(2)25(29-24(30)16-10-5-11-18-27)26(31)28-19-17-23(21-12-6-3-7-13-21)22-14-8-4-9-15-22/h3-4,6-9,12-15,20,23,25H,5,10-11,16-19,27H2,1-2H3,(H,28,31)(H,29,30). The molecule has 0 bridgehead atoms. The van der Waals surface area contributed by atoms with Gasteiger partial charge in [0, 0.05) is 18.9 Å². The molecule has 2 amide bonds. The monoisotopic (exact) mass is 423 g/mol. The number of rotatable bonds is 13. The summed E-state index contributed by atoms with van der Waals surface area (Å²) in [5.41, 5.74) is 7.96. The van der Waals surface area contributed by atoms with Crippen LogP contribution in [0.25, 0.3) is 0 Å². The second kappa shape index (κ2) is 13.6. The van der Waals surface area contributed by atoms with Gasteiger partial charge in [0.15, 0.2) is 0 Å². The summed E-state index contributed by atoms with van der Waals surface area (Å²) in [6.45, 7) is 5.10. The molecule has 2 aromatic rings. The lowest BCUT2D eigenvalue weighted by Crippen LogP contribution is -2.50. The van der Waals surface area contributed by atoms with Gasteiger partial charge in [-0.2, -0.15) is 0 Å². The summed E-state index contributed by atoms with van der Waals surface area (Å²) in [6.07, 6.45) is 3.87. The smallest absolute Gasteiger partial charge is 0.242 e. The van der Waals surface area contributed by atoms with Gasteiger partial charge in [-0.05, 0) is 42.9 Å². The van der Waals surface area contributed by atoms with Crippen LogP contribution in [-0.2, 0) is 9.59 Å². The lowest BCUT2D eigenvalue weighted by Gasteiger charge is -2.23. The van der Waals surface area contributed by atoms with Gasteiger partial charge in [0.25, 0.3) is 0 Å². The molecular formula is C26H37N3O2. The minimum Gasteiger partial charge on any atom is -0.354 e. The number of amides is 2. The van der Waals surface area contributed by atoms with Crippen LogP contribution in [0.15, 0.2) is 60.7 Å². The normalized spacial score (nSPS) is 12.0. The van der Waals surface area contributed by atoms with Crippen molar-refractivity contribution in [2.24, 2.45) is 11.7 Å². The number of hydrogen-bond acceptors (Lipinski definition) is 3. The van der Waals surface area contributed by atoms with Crippen molar-refractivity contribution in [1.82, 2.24) is 10.6 Å². The first-order chi connectivity index (χ1) is 15.0. The summed E-state index contributed by atoms with van der Waals surface area (Å²) in [6, 6.07) is 20.2. The lowest BCUT2D eigenvalue weighted by atomic mass is 9.88. The minimum atomic E-state index is -0.520. The molecule has 0 aromatic heterocycles. The molecule has 5 nitrogen and oxygen atoms in total. The van der Waals surface area contributed by atoms with Gasteiger partial charge in [-0.1, -0.05) is 80.9 Å². The topological polar surface area (TPSA) is 84.2 Å². The van der Waals surface area contributed by atoms with Crippen molar-refractivity contribution in [3.05, 3.63) is 71.8 Å². The summed E-state index contributed by atoms with van der Waals surface area (Å²) >= 11 is 0. The minimum absolute atomic E-state index is 0.0204. The molecule has 1 atom stereocenters. The second-order valence-corrected chi connectivity index (χ2v) is 8.34. The van der Waals surface area contributed by atoms with Crippen LogP contribution in [0.2, 0.25) is 0 Å². The van der Waals surface area contributed by atoms with Gasteiger partial charge in [0.2, 0.25) is 11.8 Å². The van der Waals surface area contributed by atoms with E-state index in [0.717, 1.165) is 25.7 Å². The Bertz CT molecular complexity index is 738. The Morgan fingerprint density at radius 3 is 1.97 bits per heavy atom. The van der Waals surface area contributed by atoms with Crippen molar-refractivity contribution in [2.45, 2.75) is 57.9 Å². The van der Waals surface area contributed by atoms with Crippen molar-refractivity contribution >= 4 is 11.8 Å². The highest BCUT2D eigenvalue weighted by atomic mass is 16.2. The maximum Gasteiger partial charge on any atom is 0.242 e. The van der Waals surface area contributed by atoms with Gasteiger partial charge in [-0.15, -0.1) is 0 Å². The SMILES string of the molecule is CC(C)C(NC(=O)CCCCCN)C(=O)NCCC(c1ccccc1)c1ccccc1. The molecule has 2 aromatic carbocycles. The van der Waals surface area contributed by atoms with E-state index in [9.17, 15) is 9.59 Å². The summed E-state index contributed by atoms with van der Waals surface area (Å²) in [5.74, 6) is 0.0341. The Labute approximate surface area is 186 Å². The molecule has 5 heteroatoms. The summed E-state index contributed by atoms with van der Waals surface area (Å²) in [4.78, 5) is 25.1. The zero-order chi connectivity index (χ0) is 22.5. The van der Waals surface area contributed by atoms with Crippen LogP contribution in [0.5, 0.6) is 0 Å². The number of unbranched alkanes of at least 4 members (excludes halogenated alkanes) is 2. The Hall–Kier alpha value is -2.66. The van der Waals surface area contributed by atoms with Crippen molar-refractivity contribution in [1.29, 1.82) is 0 Å². The van der Waals surface area contributed by atoms with Crippen LogP contribution in [0.4, 0.5) is 0 Å². The third-order valence-electron chi connectivity index (χ3n) is 5.51. The van der Waals surface area contributed by atoms with Crippen LogP contribution < -0.4 is 16.4 Å². The number of hydrogen-bond donors (Lipinski definition) is 3. The third-order valence-corrected chi connectivity index (χ3v) is 5.51. The molecule has 0 aliphatic rings. The molecule has 0 saturated carbocycles. The molecule has 0 heterocycles. The predicted octanol–water partition coefficient (Wildman–Crippen LogP) is 3.98. The maximum absolute atomic E-state index is 12.8. The number of nitrogens with two attached hydrogens (primary N) is 1. The number of benzene rings is 2. The van der Waals surface area contributed by atoms with Crippen LogP contribution in [0.3, 0.4) is 0 Å². The molecule has 4 N–H and O–H groups in total. The predicted molar refractivity (Wildman–Crippen MR) is 127 cm³/mol. The fourth-order valence-corrected chi connectivity index (χ4v) is 3.73. The van der Waals surface area contributed by atoms with Crippen LogP contribution in [0.1, 0.15) is 63.0 Å². The number of carbonyl (C=O) groups is 2. The van der Waals surface area contributed by atoms with E-state index in [1.807, 2.05) is 50.2 Å². The van der Waals surface area contributed by atoms with E-state index < -0.39 is 6.04 Å². The number of nitrogens with one attached hydrogen (secondary N) is 2. The van der Waals surface area contributed by atoms with Gasteiger partial charge >= 0.3 is 0 Å². The summed E-state index contributed by atoms with van der Waals surface area (Å²) in [5, 5.41) is 5.96. The number of carbonyl (C=O) groups excluding carboxylic acids is 2. The Morgan fingerprint density at radius 1 is 0.871 bits per heavy atom. The molecule has 2 rings (SSSR count). The van der Waals surface area contributed by atoms with Crippen molar-refractivity contribution in [2.75, 3.05) is 13.1 Å². The fourth-order valence-electron chi connectivity index (χ4n) is 3.73. The molecule has 0 aliphatic carbocycles. The van der Waals surface area contributed by atoms with E-state index in [1.165, 1.54) is 11.1 Å². The van der Waals surface area contributed by atoms with Crippen LogP contribution >= 0.6 is 0 Å². The third kappa shape index (κ3) is 8.54. The first kappa shape index (κ1) is 24.6. The highest BCUT2D eigenvalue weighted by Gasteiger charge is 2.24. The second-order valence-electron chi connectivity index (χ2n) is 8.34.